The second-order valence-electron chi connectivity index (χ2n) is 6.23. The summed E-state index contributed by atoms with van der Waals surface area (Å²) in [6, 6.07) is 9.54. The number of hydrogen-bond donors (Lipinski definition) is 2. The zero-order valence-corrected chi connectivity index (χ0v) is 13.8. The van der Waals surface area contributed by atoms with Gasteiger partial charge in [-0.2, -0.15) is 0 Å². The number of aliphatic hydroxyl groups is 1. The number of halogens is 1. The number of nitrogens with zero attached hydrogens (tertiary/aromatic N) is 1. The summed E-state index contributed by atoms with van der Waals surface area (Å²) in [4.78, 5) is 16.6. The monoisotopic (exact) mass is 344 g/mol. The van der Waals surface area contributed by atoms with E-state index in [-0.39, 0.29) is 36.4 Å². The number of aromatic nitrogens is 1. The van der Waals surface area contributed by atoms with Gasteiger partial charge in [0.25, 0.3) is 5.91 Å². The highest BCUT2D eigenvalue weighted by atomic mass is 19.1. The van der Waals surface area contributed by atoms with Gasteiger partial charge in [-0.15, -0.1) is 0 Å². The molecule has 2 atom stereocenters. The molecule has 25 heavy (non-hydrogen) atoms. The second kappa shape index (κ2) is 8.07. The molecule has 2 N–H and O–H groups in total. The molecule has 2 aromatic rings. The van der Waals surface area contributed by atoms with Crippen molar-refractivity contribution >= 4 is 5.91 Å². The first kappa shape index (κ1) is 17.4. The highest BCUT2D eigenvalue weighted by molar-refractivity contribution is 5.96. The molecule has 0 radical (unpaired) electrons. The van der Waals surface area contributed by atoms with Gasteiger partial charge in [0, 0.05) is 17.8 Å². The van der Waals surface area contributed by atoms with Crippen LogP contribution >= 0.6 is 0 Å². The van der Waals surface area contributed by atoms with E-state index in [0.29, 0.717) is 17.5 Å². The topological polar surface area (TPSA) is 71.5 Å². The zero-order valence-electron chi connectivity index (χ0n) is 13.8. The highest BCUT2D eigenvalue weighted by Gasteiger charge is 2.23. The number of amides is 1. The molecule has 0 bridgehead atoms. The number of hydrogen-bond acceptors (Lipinski definition) is 4. The third-order valence-electron chi connectivity index (χ3n) is 4.32. The molecular formula is C19H21FN2O3. The van der Waals surface area contributed by atoms with Crippen LogP contribution in [0.15, 0.2) is 42.6 Å². The van der Waals surface area contributed by atoms with Gasteiger partial charge in [-0.1, -0.05) is 18.2 Å². The minimum absolute atomic E-state index is 0.00783. The first-order chi connectivity index (χ1) is 12.1. The molecule has 0 spiro atoms. The zero-order chi connectivity index (χ0) is 17.6. The Morgan fingerprint density at radius 3 is 2.92 bits per heavy atom. The van der Waals surface area contributed by atoms with Gasteiger partial charge in [0.15, 0.2) is 0 Å². The fourth-order valence-corrected chi connectivity index (χ4v) is 3.00. The van der Waals surface area contributed by atoms with Gasteiger partial charge in [0.2, 0.25) is 5.88 Å². The number of benzene rings is 1. The van der Waals surface area contributed by atoms with Crippen molar-refractivity contribution in [1.29, 1.82) is 0 Å². The predicted molar refractivity (Wildman–Crippen MR) is 90.7 cm³/mol. The average molecular weight is 344 g/mol. The van der Waals surface area contributed by atoms with Crippen molar-refractivity contribution in [2.24, 2.45) is 0 Å². The molecule has 3 rings (SSSR count). The van der Waals surface area contributed by atoms with Gasteiger partial charge >= 0.3 is 0 Å². The number of ether oxygens (including phenoxy) is 1. The third-order valence-corrected chi connectivity index (χ3v) is 4.32. The lowest BCUT2D eigenvalue weighted by molar-refractivity contribution is 0.0845. The lowest BCUT2D eigenvalue weighted by Crippen LogP contribution is -2.39. The van der Waals surface area contributed by atoms with Crippen LogP contribution in [0.2, 0.25) is 0 Å². The van der Waals surface area contributed by atoms with E-state index in [4.69, 9.17) is 4.74 Å². The normalized spacial score (nSPS) is 20.1. The Balaban J connectivity index is 1.67. The Morgan fingerprint density at radius 2 is 2.12 bits per heavy atom. The van der Waals surface area contributed by atoms with Crippen LogP contribution in [0.5, 0.6) is 5.88 Å². The number of carbonyl (C=O) groups excluding carboxylic acids is 1. The Labute approximate surface area is 145 Å². The standard InChI is InChI=1S/C19H21FN2O3/c20-17-9-2-1-5-13(17)12-25-19-16(8-4-10-21-19)18(24)22-14-6-3-7-15(23)11-14/h1-2,4-5,8-10,14-15,23H,3,6-7,11-12H2,(H,22,24)/t14-,15-/m1/s1. The maximum atomic E-state index is 13.7. The van der Waals surface area contributed by atoms with E-state index in [9.17, 15) is 14.3 Å². The molecule has 6 heteroatoms. The van der Waals surface area contributed by atoms with Crippen molar-refractivity contribution in [3.8, 4) is 5.88 Å². The van der Waals surface area contributed by atoms with Crippen molar-refractivity contribution in [3.63, 3.8) is 0 Å². The minimum atomic E-state index is -0.371. The Hall–Kier alpha value is -2.47. The third kappa shape index (κ3) is 4.54. The van der Waals surface area contributed by atoms with Crippen LogP contribution in [0.1, 0.15) is 41.6 Å². The van der Waals surface area contributed by atoms with E-state index in [1.165, 1.54) is 12.3 Å². The maximum absolute atomic E-state index is 13.7. The molecule has 1 aliphatic rings. The van der Waals surface area contributed by atoms with E-state index in [1.807, 2.05) is 0 Å². The summed E-state index contributed by atoms with van der Waals surface area (Å²) in [5, 5.41) is 12.7. The number of rotatable bonds is 5. The van der Waals surface area contributed by atoms with Crippen LogP contribution in [0.3, 0.4) is 0 Å². The number of nitrogens with one attached hydrogen (secondary N) is 1. The molecule has 0 aliphatic heterocycles. The Bertz CT molecular complexity index is 738. The molecule has 1 amide bonds. The van der Waals surface area contributed by atoms with Crippen LogP contribution in [0.25, 0.3) is 0 Å². The summed E-state index contributed by atoms with van der Waals surface area (Å²) in [6.07, 6.45) is 4.21. The molecule has 5 nitrogen and oxygen atoms in total. The summed E-state index contributed by atoms with van der Waals surface area (Å²) in [7, 11) is 0. The van der Waals surface area contributed by atoms with E-state index in [2.05, 4.69) is 10.3 Å². The SMILES string of the molecule is O=C(N[C@@H]1CCC[C@@H](O)C1)c1cccnc1OCc1ccccc1F. The number of aliphatic hydroxyl groups excluding tert-OH is 1. The Morgan fingerprint density at radius 1 is 1.28 bits per heavy atom. The molecule has 1 heterocycles. The van der Waals surface area contributed by atoms with Crippen molar-refractivity contribution in [2.75, 3.05) is 0 Å². The van der Waals surface area contributed by atoms with E-state index < -0.39 is 0 Å². The first-order valence-corrected chi connectivity index (χ1v) is 8.43. The molecule has 1 fully saturated rings. The Kier molecular flexibility index (Phi) is 5.60. The molecule has 1 aliphatic carbocycles. The molecule has 132 valence electrons. The minimum Gasteiger partial charge on any atom is -0.472 e. The van der Waals surface area contributed by atoms with Gasteiger partial charge in [-0.05, 0) is 43.9 Å². The highest BCUT2D eigenvalue weighted by Crippen LogP contribution is 2.21. The van der Waals surface area contributed by atoms with Crippen LogP contribution in [-0.4, -0.2) is 28.1 Å². The van der Waals surface area contributed by atoms with E-state index in [1.54, 1.807) is 30.3 Å². The average Bonchev–Trinajstić information content (AvgIpc) is 2.61. The lowest BCUT2D eigenvalue weighted by Gasteiger charge is -2.26. The van der Waals surface area contributed by atoms with Crippen LogP contribution in [0, 0.1) is 5.82 Å². The first-order valence-electron chi connectivity index (χ1n) is 8.43. The summed E-state index contributed by atoms with van der Waals surface area (Å²) in [5.74, 6) is -0.490. The quantitative estimate of drug-likeness (QED) is 0.875. The van der Waals surface area contributed by atoms with Gasteiger partial charge in [0.05, 0.1) is 6.10 Å². The van der Waals surface area contributed by atoms with Crippen molar-refractivity contribution < 1.29 is 19.0 Å². The summed E-state index contributed by atoms with van der Waals surface area (Å²) in [6.45, 7) is -0.00783. The molecule has 1 aromatic heterocycles. The van der Waals surface area contributed by atoms with Crippen LogP contribution in [-0.2, 0) is 6.61 Å². The fraction of sp³-hybridized carbons (Fsp3) is 0.368. The maximum Gasteiger partial charge on any atom is 0.256 e. The van der Waals surface area contributed by atoms with Gasteiger partial charge in [-0.3, -0.25) is 4.79 Å². The molecule has 1 aromatic carbocycles. The molecular weight excluding hydrogens is 323 g/mol. The lowest BCUT2D eigenvalue weighted by atomic mass is 9.93. The van der Waals surface area contributed by atoms with Gasteiger partial charge in [-0.25, -0.2) is 9.37 Å². The second-order valence-corrected chi connectivity index (χ2v) is 6.23. The molecule has 1 saturated carbocycles. The van der Waals surface area contributed by atoms with E-state index in [0.717, 1.165) is 19.3 Å². The van der Waals surface area contributed by atoms with Crippen LogP contribution < -0.4 is 10.1 Å². The molecule has 0 saturated heterocycles. The van der Waals surface area contributed by atoms with Crippen molar-refractivity contribution in [3.05, 3.63) is 59.5 Å². The number of pyridine rings is 1. The number of carbonyl (C=O) groups is 1. The summed E-state index contributed by atoms with van der Waals surface area (Å²) >= 11 is 0. The predicted octanol–water partition coefficient (Wildman–Crippen LogP) is 2.83. The summed E-state index contributed by atoms with van der Waals surface area (Å²) in [5.41, 5.74) is 0.703. The largest absolute Gasteiger partial charge is 0.472 e. The van der Waals surface area contributed by atoms with Crippen LogP contribution in [0.4, 0.5) is 4.39 Å². The van der Waals surface area contributed by atoms with Gasteiger partial charge < -0.3 is 15.2 Å². The summed E-state index contributed by atoms with van der Waals surface area (Å²) < 4.78 is 19.3. The van der Waals surface area contributed by atoms with Crippen molar-refractivity contribution in [1.82, 2.24) is 10.3 Å². The fourth-order valence-electron chi connectivity index (χ4n) is 3.00. The van der Waals surface area contributed by atoms with Crippen molar-refractivity contribution in [2.45, 2.75) is 44.4 Å². The molecule has 0 unspecified atom stereocenters. The van der Waals surface area contributed by atoms with Gasteiger partial charge in [0.1, 0.15) is 18.0 Å². The smallest absolute Gasteiger partial charge is 0.256 e. The van der Waals surface area contributed by atoms with E-state index >= 15 is 0 Å².